The van der Waals surface area contributed by atoms with Gasteiger partial charge in [-0.1, -0.05) is 23.2 Å². The summed E-state index contributed by atoms with van der Waals surface area (Å²) in [7, 11) is 2.26. The van der Waals surface area contributed by atoms with Crippen molar-refractivity contribution in [3.05, 3.63) is 46.6 Å². The van der Waals surface area contributed by atoms with Crippen LogP contribution in [0.4, 0.5) is 5.82 Å². The summed E-state index contributed by atoms with van der Waals surface area (Å²) in [5.41, 5.74) is 2.90. The molecule has 0 saturated heterocycles. The number of halogens is 2. The van der Waals surface area contributed by atoms with Gasteiger partial charge in [0.1, 0.15) is 23.6 Å². The van der Waals surface area contributed by atoms with Crippen molar-refractivity contribution in [2.75, 3.05) is 25.5 Å². The molecule has 6 rings (SSSR count). The topological polar surface area (TPSA) is 74.7 Å². The predicted octanol–water partition coefficient (Wildman–Crippen LogP) is 6.48. The Morgan fingerprint density at radius 3 is 2.83 bits per heavy atom. The molecule has 2 fully saturated rings. The van der Waals surface area contributed by atoms with Crippen LogP contribution in [-0.4, -0.2) is 55.6 Å². The van der Waals surface area contributed by atoms with E-state index in [4.69, 9.17) is 23.2 Å². The first-order valence-electron chi connectivity index (χ1n) is 13.1. The van der Waals surface area contributed by atoms with Crippen molar-refractivity contribution in [1.29, 1.82) is 0 Å². The maximum atomic E-state index is 6.12. The molecule has 7 nitrogen and oxygen atoms in total. The largest absolute Gasteiger partial charge is 0.367 e. The first kappa shape index (κ1) is 24.0. The van der Waals surface area contributed by atoms with E-state index in [0.717, 1.165) is 72.0 Å². The maximum Gasteiger partial charge on any atom is 0.145 e. The molecule has 0 bridgehead atoms. The second-order valence-electron chi connectivity index (χ2n) is 10.6. The zero-order valence-corrected chi connectivity index (χ0v) is 22.2. The minimum atomic E-state index is 0.527. The van der Waals surface area contributed by atoms with E-state index in [1.54, 1.807) is 6.33 Å². The second-order valence-corrected chi connectivity index (χ2v) is 11.4. The van der Waals surface area contributed by atoms with Crippen LogP contribution in [0.15, 0.2) is 30.7 Å². The van der Waals surface area contributed by atoms with Gasteiger partial charge in [0, 0.05) is 31.2 Å². The molecule has 0 spiro atoms. The summed E-state index contributed by atoms with van der Waals surface area (Å²) < 4.78 is 2.39. The van der Waals surface area contributed by atoms with Crippen molar-refractivity contribution < 1.29 is 0 Å². The van der Waals surface area contributed by atoms with Crippen LogP contribution < -0.4 is 5.32 Å². The highest BCUT2D eigenvalue weighted by Gasteiger charge is 2.28. The lowest BCUT2D eigenvalue weighted by molar-refractivity contribution is 0.269. The van der Waals surface area contributed by atoms with Crippen LogP contribution in [0.25, 0.3) is 22.1 Å². The van der Waals surface area contributed by atoms with Crippen molar-refractivity contribution in [2.24, 2.45) is 5.92 Å². The zero-order valence-electron chi connectivity index (χ0n) is 20.7. The highest BCUT2D eigenvalue weighted by atomic mass is 35.5. The summed E-state index contributed by atoms with van der Waals surface area (Å²) in [6.07, 6.45) is 13.3. The van der Waals surface area contributed by atoms with Gasteiger partial charge in [0.25, 0.3) is 0 Å². The van der Waals surface area contributed by atoms with Crippen LogP contribution in [-0.2, 0) is 6.42 Å². The Balaban J connectivity index is 0.975. The number of unbranched alkanes of at least 4 members (excludes halogenated alkanes) is 1. The molecular weight excluding hydrogens is 493 g/mol. The normalized spacial score (nSPS) is 20.2. The number of fused-ring (bicyclic) bond motifs is 2. The highest BCUT2D eigenvalue weighted by Crippen LogP contribution is 2.38. The monoisotopic (exact) mass is 525 g/mol. The highest BCUT2D eigenvalue weighted by molar-refractivity contribution is 6.42. The number of aromatic nitrogens is 5. The van der Waals surface area contributed by atoms with Gasteiger partial charge in [0.05, 0.1) is 26.5 Å². The number of aromatic amines is 1. The van der Waals surface area contributed by atoms with Crippen LogP contribution in [0.2, 0.25) is 10.0 Å². The molecule has 2 atom stereocenters. The minimum absolute atomic E-state index is 0.527. The Hall–Kier alpha value is -2.35. The first-order valence-corrected chi connectivity index (χ1v) is 13.9. The number of imidazole rings is 1. The number of H-pyrrole nitrogens is 1. The third-order valence-electron chi connectivity index (χ3n) is 7.68. The van der Waals surface area contributed by atoms with Gasteiger partial charge in [0.2, 0.25) is 0 Å². The van der Waals surface area contributed by atoms with Crippen LogP contribution in [0.1, 0.15) is 56.8 Å². The lowest BCUT2D eigenvalue weighted by Crippen LogP contribution is -2.26. The van der Waals surface area contributed by atoms with Crippen LogP contribution in [0.5, 0.6) is 0 Å². The molecule has 2 aliphatic rings. The van der Waals surface area contributed by atoms with E-state index in [2.05, 4.69) is 54.0 Å². The van der Waals surface area contributed by atoms with Gasteiger partial charge >= 0.3 is 0 Å². The van der Waals surface area contributed by atoms with Gasteiger partial charge in [-0.3, -0.25) is 0 Å². The van der Waals surface area contributed by atoms with Gasteiger partial charge in [-0.2, -0.15) is 0 Å². The van der Waals surface area contributed by atoms with Crippen molar-refractivity contribution in [3.8, 4) is 0 Å². The molecule has 4 aromatic rings. The molecule has 190 valence electrons. The fraction of sp³-hybridized carbons (Fsp3) is 0.519. The Bertz CT molecular complexity index is 1320. The average Bonchev–Trinajstić information content (AvgIpc) is 3.22. The standard InChI is InChI=1S/C27H33Cl2N7/c1-35(10-3-2-4-25-33-23-13-21(28)22(29)14-24(23)34-25)15-17-5-8-19(12-17)36-11-9-20-26(32-18-6-7-18)30-16-31-27(20)36/h9,11,13-14,16-19H,2-8,10,12,15H2,1H3,(H,33,34)(H,30,31,32). The quantitative estimate of drug-likeness (QED) is 0.231. The number of hydrogen-bond acceptors (Lipinski definition) is 5. The molecule has 2 unspecified atom stereocenters. The van der Waals surface area contributed by atoms with E-state index in [1.807, 2.05) is 12.1 Å². The number of nitrogens with one attached hydrogen (secondary N) is 2. The van der Waals surface area contributed by atoms with Gasteiger partial charge in [-0.25, -0.2) is 15.0 Å². The first-order chi connectivity index (χ1) is 17.5. The molecule has 2 saturated carbocycles. The van der Waals surface area contributed by atoms with Crippen molar-refractivity contribution in [3.63, 3.8) is 0 Å². The summed E-state index contributed by atoms with van der Waals surface area (Å²) in [4.78, 5) is 19.7. The molecule has 2 N–H and O–H groups in total. The number of rotatable bonds is 10. The fourth-order valence-electron chi connectivity index (χ4n) is 5.65. The predicted molar refractivity (Wildman–Crippen MR) is 147 cm³/mol. The van der Waals surface area contributed by atoms with Crippen molar-refractivity contribution in [1.82, 2.24) is 29.4 Å². The van der Waals surface area contributed by atoms with Gasteiger partial charge in [-0.15, -0.1) is 0 Å². The van der Waals surface area contributed by atoms with Crippen molar-refractivity contribution >= 4 is 51.1 Å². The summed E-state index contributed by atoms with van der Waals surface area (Å²) >= 11 is 12.2. The van der Waals surface area contributed by atoms with Crippen LogP contribution in [0, 0.1) is 5.92 Å². The summed E-state index contributed by atoms with van der Waals surface area (Å²) in [6, 6.07) is 6.99. The number of anilines is 1. The Morgan fingerprint density at radius 2 is 1.97 bits per heavy atom. The summed E-state index contributed by atoms with van der Waals surface area (Å²) in [5, 5.41) is 5.82. The van der Waals surface area contributed by atoms with Crippen molar-refractivity contribution in [2.45, 2.75) is 63.5 Å². The maximum absolute atomic E-state index is 6.12. The average molecular weight is 527 g/mol. The molecular formula is C27H33Cl2N7. The molecule has 9 heteroatoms. The summed E-state index contributed by atoms with van der Waals surface area (Å²) in [6.45, 7) is 2.26. The molecule has 3 aromatic heterocycles. The molecule has 2 aliphatic carbocycles. The van der Waals surface area contributed by atoms with Gasteiger partial charge < -0.3 is 19.8 Å². The van der Waals surface area contributed by atoms with E-state index >= 15 is 0 Å². The van der Waals surface area contributed by atoms with E-state index in [9.17, 15) is 0 Å². The zero-order chi connectivity index (χ0) is 24.6. The molecule has 36 heavy (non-hydrogen) atoms. The number of hydrogen-bond donors (Lipinski definition) is 2. The number of nitrogens with zero attached hydrogens (tertiary/aromatic N) is 5. The van der Waals surface area contributed by atoms with E-state index in [-0.39, 0.29) is 0 Å². The van der Waals surface area contributed by atoms with E-state index < -0.39 is 0 Å². The molecule has 1 aromatic carbocycles. The fourth-order valence-corrected chi connectivity index (χ4v) is 5.97. The number of benzene rings is 1. The Morgan fingerprint density at radius 1 is 1.11 bits per heavy atom. The lowest BCUT2D eigenvalue weighted by Gasteiger charge is -2.21. The molecule has 0 radical (unpaired) electrons. The molecule has 3 heterocycles. The van der Waals surface area contributed by atoms with E-state index in [0.29, 0.717) is 22.1 Å². The third kappa shape index (κ3) is 5.20. The van der Waals surface area contributed by atoms with Gasteiger partial charge in [0.15, 0.2) is 0 Å². The SMILES string of the molecule is CN(CCCCc1nc2cc(Cl)c(Cl)cc2[nH]1)CC1CCC(n2ccc3c(NC4CC4)ncnc32)C1. The minimum Gasteiger partial charge on any atom is -0.367 e. The molecule has 0 aliphatic heterocycles. The third-order valence-corrected chi connectivity index (χ3v) is 8.40. The molecule has 0 amide bonds. The lowest BCUT2D eigenvalue weighted by atomic mass is 10.1. The van der Waals surface area contributed by atoms with Crippen LogP contribution >= 0.6 is 23.2 Å². The Labute approximate surface area is 221 Å². The second kappa shape index (κ2) is 10.2. The number of aryl methyl sites for hydroxylation is 1. The van der Waals surface area contributed by atoms with Crippen LogP contribution in [0.3, 0.4) is 0 Å². The van der Waals surface area contributed by atoms with E-state index in [1.165, 1.54) is 32.1 Å². The summed E-state index contributed by atoms with van der Waals surface area (Å²) in [5.74, 6) is 2.72. The Kier molecular flexibility index (Phi) is 6.80. The van der Waals surface area contributed by atoms with Gasteiger partial charge in [-0.05, 0) is 82.7 Å². The smallest absolute Gasteiger partial charge is 0.145 e.